The van der Waals surface area contributed by atoms with Crippen LogP contribution in [0, 0.1) is 18.7 Å². The van der Waals surface area contributed by atoms with Crippen LogP contribution in [-0.2, 0) is 107 Å². The van der Waals surface area contributed by atoms with Crippen LogP contribution in [0.15, 0.2) is 60.7 Å². The Morgan fingerprint density at radius 3 is 1.13 bits per heavy atom. The van der Waals surface area contributed by atoms with Crippen molar-refractivity contribution in [3.8, 4) is 11.1 Å². The van der Waals surface area contributed by atoms with Crippen molar-refractivity contribution < 1.29 is 161 Å². The monoisotopic (exact) mass is 1710 g/mol. The van der Waals surface area contributed by atoms with E-state index in [1.807, 2.05) is 31.9 Å². The first kappa shape index (κ1) is 98.9. The number of aromatic nitrogens is 2. The van der Waals surface area contributed by atoms with Crippen molar-refractivity contribution in [2.45, 2.75) is 196 Å². The van der Waals surface area contributed by atoms with Crippen molar-refractivity contribution in [3.63, 3.8) is 0 Å². The van der Waals surface area contributed by atoms with Crippen LogP contribution in [0.5, 0.6) is 0 Å². The van der Waals surface area contributed by atoms with Gasteiger partial charge in [-0.05, 0) is 106 Å². The SMILES string of the molecule is Cc1ccc(F)c(CC(=O)Nc2ccc(-c3cccc4c3c(N)nn4C(=O)CNC(=O)C[C@H](N)C(=O)N[C@@H](CCC(=O)N[C@@H](CCC(=O)N[C@@H](CCC(=O)N[C@@H](CCC(=O)N[C@@H](CCC(=O)N[C@@H](CCC(=O)N[C@@H](CCC(=O)N[C@@H](CCC(=O)C[C@@H](CCC(=O)O)C(=O)O)C(=O)O)C(=O)O)C(=O)O)C(=O)O)C(=O)O)C(=O)O)C(=O)O)C(=O)O)cc2)c1. The lowest BCUT2D eigenvalue weighted by Gasteiger charge is -2.19. The molecule has 46 nitrogen and oxygen atoms in total. The zero-order valence-corrected chi connectivity index (χ0v) is 64.5. The maximum Gasteiger partial charge on any atom is 0.326 e. The number of nitrogens with zero attached hydrogens (tertiary/aromatic N) is 2. The number of Topliss-reactive ketones (excluding diaryl/α,β-unsaturated/α-hetero) is 1. The van der Waals surface area contributed by atoms with E-state index >= 15 is 0 Å². The second kappa shape index (κ2) is 48.3. The minimum atomic E-state index is -1.89. The van der Waals surface area contributed by atoms with Crippen LogP contribution < -0.4 is 64.6 Å². The van der Waals surface area contributed by atoms with Crippen molar-refractivity contribution in [2.24, 2.45) is 11.7 Å². The second-order valence-corrected chi connectivity index (χ2v) is 27.5. The highest BCUT2D eigenvalue weighted by molar-refractivity contribution is 6.06. The zero-order chi connectivity index (χ0) is 90.7. The fourth-order valence-corrected chi connectivity index (χ4v) is 11.6. The molecule has 0 unspecified atom stereocenters. The number of nitrogens with one attached hydrogen (secondary N) is 10. The lowest BCUT2D eigenvalue weighted by molar-refractivity contribution is -0.146. The van der Waals surface area contributed by atoms with Gasteiger partial charge < -0.3 is 116 Å². The number of aliphatic carboxylic acids is 10. The number of nitrogen functional groups attached to an aromatic ring is 1. The summed E-state index contributed by atoms with van der Waals surface area (Å²) in [5.41, 5.74) is 14.9. The summed E-state index contributed by atoms with van der Waals surface area (Å²) in [4.78, 5) is 273. The van der Waals surface area contributed by atoms with Crippen LogP contribution in [-0.4, -0.2) is 252 Å². The van der Waals surface area contributed by atoms with Gasteiger partial charge in [-0.15, -0.1) is 5.10 Å². The maximum absolute atomic E-state index is 14.3. The number of benzene rings is 3. The Morgan fingerprint density at radius 1 is 0.413 bits per heavy atom. The van der Waals surface area contributed by atoms with Gasteiger partial charge >= 0.3 is 59.7 Å². The van der Waals surface area contributed by atoms with Gasteiger partial charge in [0.25, 0.3) is 5.91 Å². The smallest absolute Gasteiger partial charge is 0.326 e. The molecule has 0 aliphatic heterocycles. The Kier molecular flexibility index (Phi) is 39.5. The normalized spacial score (nSPS) is 13.4. The van der Waals surface area contributed by atoms with Gasteiger partial charge in [-0.2, -0.15) is 4.68 Å². The number of fused-ring (bicyclic) bond motifs is 1. The lowest BCUT2D eigenvalue weighted by atomic mass is 9.94. The number of hydrogen-bond donors (Lipinski definition) is 22. The van der Waals surface area contributed by atoms with E-state index in [0.29, 0.717) is 22.2 Å². The summed E-state index contributed by atoms with van der Waals surface area (Å²) >= 11 is 0. The van der Waals surface area contributed by atoms with Gasteiger partial charge in [0, 0.05) is 69.9 Å². The van der Waals surface area contributed by atoms with Crippen LogP contribution in [0.4, 0.5) is 15.9 Å². The highest BCUT2D eigenvalue weighted by Gasteiger charge is 2.33. The van der Waals surface area contributed by atoms with E-state index in [9.17, 15) is 156 Å². The molecule has 0 bridgehead atoms. The number of rotatable bonds is 55. The highest BCUT2D eigenvalue weighted by atomic mass is 19.1. The standard InChI is InChI=1S/C74H91FN14O32/c1-34-5-12-41(75)37(29-34)31-60(99)79-38-9-6-35(7-10-38)40-3-2-4-51-63(40)64(77)88-89(51)61(100)33-78-59(98)32-42(76)65(103)87-50(74(120)121)20-27-58(97)86-49(73(118)119)19-26-57(96)85-48(72(116)117)18-25-56(95)84-47(71(114)115)17-24-55(94)83-46(70(112)113)16-23-54(93)82-45(69(110)111)15-22-53(92)81-44(68(108)109)14-21-52(91)80-43(67(106)107)13-11-39(90)30-36(66(104)105)8-28-62(101)102/h2-7,9-10,12,29,36,42-50H,8,11,13-28,30-33,76H2,1H3,(H2,77,88)(H,78,98)(H,79,99)(H,80,91)(H,81,92)(H,82,93)(H,83,94)(H,84,95)(H,85,96)(H,86,97)(H,87,103)(H,101,102)(H,104,105)(H,106,107)(H,108,109)(H,110,111)(H,112,113)(H,114,115)(H,116,117)(H,118,119)(H,120,121)/t36-,42+,43+,44+,45+,46+,47+,48+,49+,50+/m1/s1. The van der Waals surface area contributed by atoms with Crippen LogP contribution in [0.3, 0.4) is 0 Å². The Bertz CT molecular complexity index is 4590. The Labute approximate surface area is 683 Å². The third kappa shape index (κ3) is 34.7. The molecular weight excluding hydrogens is 1620 g/mol. The molecule has 24 N–H and O–H groups in total. The number of carbonyl (C=O) groups excluding carboxylic acids is 12. The number of amides is 10. The minimum absolute atomic E-state index is 0.0688. The topological polar surface area (TPSA) is 768 Å². The van der Waals surface area contributed by atoms with Crippen molar-refractivity contribution in [2.75, 3.05) is 17.6 Å². The first-order valence-electron chi connectivity index (χ1n) is 37.0. The third-order valence-corrected chi connectivity index (χ3v) is 18.1. The van der Waals surface area contributed by atoms with Crippen LogP contribution in [0.1, 0.15) is 144 Å². The van der Waals surface area contributed by atoms with Gasteiger partial charge in [0.15, 0.2) is 5.82 Å². The summed E-state index contributed by atoms with van der Waals surface area (Å²) in [5, 5.41) is 122. The van der Waals surface area contributed by atoms with Gasteiger partial charge in [-0.1, -0.05) is 42.0 Å². The molecule has 0 fully saturated rings. The molecule has 656 valence electrons. The van der Waals surface area contributed by atoms with Gasteiger partial charge in [0.05, 0.1) is 42.2 Å². The quantitative estimate of drug-likeness (QED) is 0.0221. The number of carbonyl (C=O) groups is 22. The van der Waals surface area contributed by atoms with Crippen molar-refractivity contribution in [1.29, 1.82) is 0 Å². The number of carboxylic acids is 10. The van der Waals surface area contributed by atoms with Crippen molar-refractivity contribution >= 4 is 153 Å². The highest BCUT2D eigenvalue weighted by Crippen LogP contribution is 2.33. The number of hydrogen-bond acceptors (Lipinski definition) is 25. The lowest BCUT2D eigenvalue weighted by Crippen LogP contribution is -2.50. The molecule has 0 aliphatic rings. The fourth-order valence-electron chi connectivity index (χ4n) is 11.6. The van der Waals surface area contributed by atoms with Crippen LogP contribution in [0.2, 0.25) is 0 Å². The number of ketones is 1. The van der Waals surface area contributed by atoms with E-state index in [1.54, 1.807) is 55.5 Å². The molecule has 4 rings (SSSR count). The molecule has 0 radical (unpaired) electrons. The van der Waals surface area contributed by atoms with Crippen LogP contribution in [0.25, 0.3) is 22.0 Å². The van der Waals surface area contributed by atoms with Gasteiger partial charge in [0.1, 0.15) is 59.9 Å². The van der Waals surface area contributed by atoms with E-state index < -0.39 is 332 Å². The second-order valence-electron chi connectivity index (χ2n) is 27.5. The molecule has 0 spiro atoms. The maximum atomic E-state index is 14.3. The molecule has 3 aromatic carbocycles. The number of carboxylic acid groups (broad SMARTS) is 10. The molecule has 121 heavy (non-hydrogen) atoms. The first-order chi connectivity index (χ1) is 56.8. The molecule has 0 aliphatic carbocycles. The number of nitrogens with two attached hydrogens (primary N) is 2. The summed E-state index contributed by atoms with van der Waals surface area (Å²) in [7, 11) is 0. The summed E-state index contributed by atoms with van der Waals surface area (Å²) in [6, 6.07) is -0.745. The average Bonchev–Trinajstić information content (AvgIpc) is 1.63. The molecule has 0 saturated carbocycles. The predicted octanol–water partition coefficient (Wildman–Crippen LogP) is -2.29. The number of aryl methyl sites for hydroxylation is 1. The van der Waals surface area contributed by atoms with Gasteiger partial charge in [0.2, 0.25) is 59.1 Å². The van der Waals surface area contributed by atoms with Gasteiger partial charge in [-0.3, -0.25) is 67.1 Å². The van der Waals surface area contributed by atoms with E-state index in [0.717, 1.165) is 10.2 Å². The largest absolute Gasteiger partial charge is 0.481 e. The summed E-state index contributed by atoms with van der Waals surface area (Å²) in [6.07, 6.45) is -14.2. The molecule has 10 amide bonds. The summed E-state index contributed by atoms with van der Waals surface area (Å²) in [6.45, 7) is 1.07. The Morgan fingerprint density at radius 2 is 0.777 bits per heavy atom. The first-order valence-corrected chi connectivity index (χ1v) is 37.0. The summed E-state index contributed by atoms with van der Waals surface area (Å²) < 4.78 is 15.2. The average molecular weight is 1710 g/mol. The molecule has 1 aromatic heterocycles. The Balaban J connectivity index is 1.17. The van der Waals surface area contributed by atoms with E-state index in [4.69, 9.17) is 16.6 Å². The predicted molar refractivity (Wildman–Crippen MR) is 407 cm³/mol. The van der Waals surface area contributed by atoms with Crippen molar-refractivity contribution in [3.05, 3.63) is 77.6 Å². The molecule has 10 atom stereocenters. The molecule has 47 heteroatoms. The van der Waals surface area contributed by atoms with Crippen molar-refractivity contribution in [1.82, 2.24) is 57.6 Å². The zero-order valence-electron chi connectivity index (χ0n) is 64.5. The molecule has 4 aromatic rings. The molecule has 0 saturated heterocycles. The van der Waals surface area contributed by atoms with E-state index in [-0.39, 0.29) is 23.3 Å². The minimum Gasteiger partial charge on any atom is -0.481 e. The van der Waals surface area contributed by atoms with Crippen LogP contribution >= 0.6 is 0 Å². The number of anilines is 2. The fraction of sp³-hybridized carbons (Fsp3) is 0.446. The molecular formula is C74H91FN14O32. The third-order valence-electron chi connectivity index (χ3n) is 18.1. The number of halogens is 1. The van der Waals surface area contributed by atoms with E-state index in [1.165, 1.54) is 12.1 Å². The van der Waals surface area contributed by atoms with E-state index in [2.05, 4.69) is 26.4 Å². The Hall–Kier alpha value is -14.4. The molecule has 1 heterocycles. The summed E-state index contributed by atoms with van der Waals surface area (Å²) in [5.74, 6) is -30.5. The van der Waals surface area contributed by atoms with Gasteiger partial charge in [-0.25, -0.2) is 42.7 Å².